The number of ether oxygens (including phenoxy) is 1. The molecule has 0 aliphatic rings. The summed E-state index contributed by atoms with van der Waals surface area (Å²) in [6.45, 7) is 0.487. The van der Waals surface area contributed by atoms with Crippen LogP contribution in [-0.4, -0.2) is 0 Å². The smallest absolute Gasteiger partial charge is 0.134 e. The average Bonchev–Trinajstić information content (AvgIpc) is 2.63. The van der Waals surface area contributed by atoms with Crippen molar-refractivity contribution in [2.45, 2.75) is 6.61 Å². The monoisotopic (exact) mass is 364 g/mol. The Morgan fingerprint density at radius 3 is 2.62 bits per heavy atom. The molecule has 5 heteroatoms. The Balaban J connectivity index is 2.04. The zero-order valence-electron chi connectivity index (χ0n) is 8.04. The standard InChI is InChI=1S/C11H7Br2FOS/c12-9-5-7(14)1-3-10(9)15-6-8-2-4-11(13)16-8/h1-5H,6H2. The molecule has 1 nitrogen and oxygen atoms in total. The average molecular weight is 366 g/mol. The molecule has 0 saturated heterocycles. The zero-order chi connectivity index (χ0) is 11.5. The van der Waals surface area contributed by atoms with Crippen LogP contribution < -0.4 is 4.74 Å². The number of rotatable bonds is 3. The number of benzene rings is 1. The second-order valence-corrected chi connectivity index (χ2v) is 6.47. The normalized spacial score (nSPS) is 10.4. The molecule has 2 aromatic rings. The summed E-state index contributed by atoms with van der Waals surface area (Å²) in [6, 6.07) is 8.35. The van der Waals surface area contributed by atoms with Crippen molar-refractivity contribution in [2.75, 3.05) is 0 Å². The first-order chi connectivity index (χ1) is 7.65. The second kappa shape index (κ2) is 5.29. The minimum absolute atomic E-state index is 0.280. The SMILES string of the molecule is Fc1ccc(OCc2ccc(Br)s2)c(Br)c1. The van der Waals surface area contributed by atoms with Crippen LogP contribution in [0, 0.1) is 5.82 Å². The fraction of sp³-hybridized carbons (Fsp3) is 0.0909. The van der Waals surface area contributed by atoms with E-state index >= 15 is 0 Å². The van der Waals surface area contributed by atoms with E-state index in [1.165, 1.54) is 12.1 Å². The maximum atomic E-state index is 12.8. The van der Waals surface area contributed by atoms with Crippen molar-refractivity contribution in [1.82, 2.24) is 0 Å². The molecule has 84 valence electrons. The summed E-state index contributed by atoms with van der Waals surface area (Å²) in [5.41, 5.74) is 0. The van der Waals surface area contributed by atoms with Gasteiger partial charge in [0.05, 0.1) is 8.26 Å². The molecule has 2 rings (SSSR count). The molecule has 0 saturated carbocycles. The van der Waals surface area contributed by atoms with Gasteiger partial charge in [0.1, 0.15) is 18.2 Å². The van der Waals surface area contributed by atoms with Gasteiger partial charge in [0.2, 0.25) is 0 Å². The zero-order valence-corrected chi connectivity index (χ0v) is 12.0. The van der Waals surface area contributed by atoms with Crippen molar-refractivity contribution < 1.29 is 9.13 Å². The molecule has 0 fully saturated rings. The molecule has 0 atom stereocenters. The highest BCUT2D eigenvalue weighted by molar-refractivity contribution is 9.11. The van der Waals surface area contributed by atoms with Crippen LogP contribution in [-0.2, 0) is 6.61 Å². The Labute approximate surface area is 114 Å². The Morgan fingerprint density at radius 2 is 2.00 bits per heavy atom. The lowest BCUT2D eigenvalue weighted by Crippen LogP contribution is -1.93. The van der Waals surface area contributed by atoms with Gasteiger partial charge in [-0.3, -0.25) is 0 Å². The van der Waals surface area contributed by atoms with Gasteiger partial charge in [0.25, 0.3) is 0 Å². The lowest BCUT2D eigenvalue weighted by molar-refractivity contribution is 0.307. The number of hydrogen-bond acceptors (Lipinski definition) is 2. The van der Waals surface area contributed by atoms with Crippen LogP contribution in [0.25, 0.3) is 0 Å². The predicted octanol–water partition coefficient (Wildman–Crippen LogP) is 4.99. The maximum Gasteiger partial charge on any atom is 0.134 e. The Bertz CT molecular complexity index is 498. The van der Waals surface area contributed by atoms with Crippen LogP contribution in [0.3, 0.4) is 0 Å². The van der Waals surface area contributed by atoms with Crippen LogP contribution >= 0.6 is 43.2 Å². The van der Waals surface area contributed by atoms with E-state index < -0.39 is 0 Å². The highest BCUT2D eigenvalue weighted by Crippen LogP contribution is 2.28. The molecule has 0 radical (unpaired) electrons. The van der Waals surface area contributed by atoms with E-state index in [2.05, 4.69) is 31.9 Å². The molecule has 1 heterocycles. The molecule has 1 aromatic heterocycles. The minimum Gasteiger partial charge on any atom is -0.487 e. The highest BCUT2D eigenvalue weighted by Gasteiger charge is 2.04. The van der Waals surface area contributed by atoms with E-state index in [0.717, 1.165) is 8.66 Å². The van der Waals surface area contributed by atoms with E-state index in [4.69, 9.17) is 4.74 Å². The van der Waals surface area contributed by atoms with Crippen molar-refractivity contribution >= 4 is 43.2 Å². The summed E-state index contributed by atoms with van der Waals surface area (Å²) in [4.78, 5) is 1.11. The van der Waals surface area contributed by atoms with Crippen LogP contribution in [0.4, 0.5) is 4.39 Å². The van der Waals surface area contributed by atoms with Gasteiger partial charge in [-0.1, -0.05) is 0 Å². The predicted molar refractivity (Wildman–Crippen MR) is 70.5 cm³/mol. The fourth-order valence-electron chi connectivity index (χ4n) is 1.17. The third-order valence-electron chi connectivity index (χ3n) is 1.89. The second-order valence-electron chi connectivity index (χ2n) is 3.07. The highest BCUT2D eigenvalue weighted by atomic mass is 79.9. The maximum absolute atomic E-state index is 12.8. The Kier molecular flexibility index (Phi) is 4.00. The van der Waals surface area contributed by atoms with Crippen LogP contribution in [0.15, 0.2) is 38.6 Å². The van der Waals surface area contributed by atoms with Gasteiger partial charge in [0.15, 0.2) is 0 Å². The summed E-state index contributed by atoms with van der Waals surface area (Å²) in [7, 11) is 0. The van der Waals surface area contributed by atoms with Gasteiger partial charge in [-0.05, 0) is 62.2 Å². The number of halogens is 3. The largest absolute Gasteiger partial charge is 0.487 e. The summed E-state index contributed by atoms with van der Waals surface area (Å²) in [5.74, 6) is 0.365. The first-order valence-corrected chi connectivity index (χ1v) is 6.87. The molecule has 0 bridgehead atoms. The van der Waals surface area contributed by atoms with Crippen molar-refractivity contribution in [3.8, 4) is 5.75 Å². The minimum atomic E-state index is -0.280. The molecule has 1 aromatic carbocycles. The molecular weight excluding hydrogens is 359 g/mol. The van der Waals surface area contributed by atoms with Crippen molar-refractivity contribution in [3.05, 3.63) is 49.3 Å². The number of thiophene rings is 1. The fourth-order valence-corrected chi connectivity index (χ4v) is 3.03. The van der Waals surface area contributed by atoms with E-state index in [1.807, 2.05) is 12.1 Å². The molecule has 0 aliphatic heterocycles. The van der Waals surface area contributed by atoms with Crippen molar-refractivity contribution in [3.63, 3.8) is 0 Å². The van der Waals surface area contributed by atoms with Gasteiger partial charge in [-0.25, -0.2) is 4.39 Å². The first kappa shape index (κ1) is 12.1. The van der Waals surface area contributed by atoms with Gasteiger partial charge in [0, 0.05) is 4.88 Å². The first-order valence-electron chi connectivity index (χ1n) is 4.47. The number of hydrogen-bond donors (Lipinski definition) is 0. The molecule has 0 N–H and O–H groups in total. The van der Waals surface area contributed by atoms with Gasteiger partial charge in [-0.15, -0.1) is 11.3 Å². The van der Waals surface area contributed by atoms with E-state index in [9.17, 15) is 4.39 Å². The van der Waals surface area contributed by atoms with E-state index in [0.29, 0.717) is 16.8 Å². The van der Waals surface area contributed by atoms with Crippen LogP contribution in [0.2, 0.25) is 0 Å². The summed E-state index contributed by atoms with van der Waals surface area (Å²) >= 11 is 8.26. The quantitative estimate of drug-likeness (QED) is 0.744. The van der Waals surface area contributed by atoms with Crippen molar-refractivity contribution in [2.24, 2.45) is 0 Å². The van der Waals surface area contributed by atoms with Gasteiger partial charge >= 0.3 is 0 Å². The molecule has 0 amide bonds. The topological polar surface area (TPSA) is 9.23 Å². The van der Waals surface area contributed by atoms with Gasteiger partial charge in [-0.2, -0.15) is 0 Å². The molecule has 0 aliphatic carbocycles. The lowest BCUT2D eigenvalue weighted by atomic mass is 10.3. The molecular formula is C11H7Br2FOS. The summed E-state index contributed by atoms with van der Waals surface area (Å²) in [5, 5.41) is 0. The van der Waals surface area contributed by atoms with Gasteiger partial charge < -0.3 is 4.74 Å². The lowest BCUT2D eigenvalue weighted by Gasteiger charge is -2.06. The Hall–Kier alpha value is -0.390. The van der Waals surface area contributed by atoms with Crippen LogP contribution in [0.1, 0.15) is 4.88 Å². The summed E-state index contributed by atoms with van der Waals surface area (Å²) in [6.07, 6.45) is 0. The third-order valence-corrected chi connectivity index (χ3v) is 4.11. The van der Waals surface area contributed by atoms with E-state index in [-0.39, 0.29) is 5.82 Å². The van der Waals surface area contributed by atoms with Crippen LogP contribution in [0.5, 0.6) is 5.75 Å². The molecule has 0 spiro atoms. The molecule has 16 heavy (non-hydrogen) atoms. The van der Waals surface area contributed by atoms with Crippen molar-refractivity contribution in [1.29, 1.82) is 0 Å². The third kappa shape index (κ3) is 3.06. The molecule has 0 unspecified atom stereocenters. The summed E-state index contributed by atoms with van der Waals surface area (Å²) < 4.78 is 20.1. The van der Waals surface area contributed by atoms with E-state index in [1.54, 1.807) is 17.4 Å². The Morgan fingerprint density at radius 1 is 1.19 bits per heavy atom.